The number of nitrogens with zero attached hydrogens (tertiary/aromatic N) is 2. The summed E-state index contributed by atoms with van der Waals surface area (Å²) in [4.78, 5) is 21.4. The van der Waals surface area contributed by atoms with Crippen molar-refractivity contribution in [3.63, 3.8) is 0 Å². The van der Waals surface area contributed by atoms with Gasteiger partial charge in [-0.25, -0.2) is 10.4 Å². The van der Waals surface area contributed by atoms with Crippen LogP contribution in [0.3, 0.4) is 0 Å². The molecule has 6 nitrogen and oxygen atoms in total. The van der Waals surface area contributed by atoms with Crippen molar-refractivity contribution >= 4 is 22.4 Å². The van der Waals surface area contributed by atoms with Gasteiger partial charge in [0.1, 0.15) is 11.7 Å². The van der Waals surface area contributed by atoms with Crippen molar-refractivity contribution in [2.75, 3.05) is 5.32 Å². The van der Waals surface area contributed by atoms with Gasteiger partial charge in [0.25, 0.3) is 0 Å². The Labute approximate surface area is 145 Å². The maximum Gasteiger partial charge on any atom is 0.244 e. The summed E-state index contributed by atoms with van der Waals surface area (Å²) in [6, 6.07) is 5.94. The van der Waals surface area contributed by atoms with Crippen LogP contribution in [0.5, 0.6) is 0 Å². The molecule has 126 valence electrons. The lowest BCUT2D eigenvalue weighted by Crippen LogP contribution is -2.42. The van der Waals surface area contributed by atoms with E-state index in [1.54, 1.807) is 6.20 Å². The highest BCUT2D eigenvalue weighted by Crippen LogP contribution is 2.30. The van der Waals surface area contributed by atoms with Gasteiger partial charge in [-0.1, -0.05) is 25.3 Å². The molecule has 3 unspecified atom stereocenters. The minimum atomic E-state index is -0.185. The average Bonchev–Trinajstić information content (AvgIpc) is 3.17. The molecule has 24 heavy (non-hydrogen) atoms. The molecule has 0 radical (unpaired) electrons. The normalized spacial score (nSPS) is 26.6. The smallest absolute Gasteiger partial charge is 0.244 e. The van der Waals surface area contributed by atoms with E-state index in [1.165, 1.54) is 30.6 Å². The number of hydrazine groups is 1. The van der Waals surface area contributed by atoms with Crippen molar-refractivity contribution in [2.24, 2.45) is 5.92 Å². The Bertz CT molecular complexity index is 704. The van der Waals surface area contributed by atoms with Gasteiger partial charge < -0.3 is 5.32 Å². The van der Waals surface area contributed by atoms with Crippen LogP contribution >= 0.6 is 11.3 Å². The zero-order valence-corrected chi connectivity index (χ0v) is 14.2. The van der Waals surface area contributed by atoms with Crippen LogP contribution in [0.25, 0.3) is 11.4 Å². The summed E-state index contributed by atoms with van der Waals surface area (Å²) in [5, 5.41) is 5.51. The van der Waals surface area contributed by atoms with Gasteiger partial charge in [-0.3, -0.25) is 15.2 Å². The average molecular weight is 343 g/mol. The highest BCUT2D eigenvalue weighted by atomic mass is 32.1. The zero-order chi connectivity index (χ0) is 16.4. The van der Waals surface area contributed by atoms with Gasteiger partial charge in [-0.2, -0.15) is 0 Å². The first kappa shape index (κ1) is 15.7. The third-order valence-electron chi connectivity index (χ3n) is 4.87. The maximum absolute atomic E-state index is 12.7. The standard InChI is InChI=1S/C17H21N5OS/c23-16(15-11-6-2-1-3-7-12(11)21-22-15)20-17-19-14(10-24-17)13-8-4-5-9-18-13/h4-5,8-12,15,21-22H,1-3,6-7H2,(H,19,20,23). The van der Waals surface area contributed by atoms with Gasteiger partial charge in [0.05, 0.1) is 5.69 Å². The molecule has 3 heterocycles. The van der Waals surface area contributed by atoms with E-state index in [1.807, 2.05) is 23.6 Å². The summed E-state index contributed by atoms with van der Waals surface area (Å²) in [7, 11) is 0. The van der Waals surface area contributed by atoms with Gasteiger partial charge in [-0.05, 0) is 25.0 Å². The zero-order valence-electron chi connectivity index (χ0n) is 13.4. The van der Waals surface area contributed by atoms with Crippen LogP contribution < -0.4 is 16.2 Å². The predicted octanol–water partition coefficient (Wildman–Crippen LogP) is 2.57. The lowest BCUT2D eigenvalue weighted by molar-refractivity contribution is -0.118. The van der Waals surface area contributed by atoms with E-state index in [-0.39, 0.29) is 11.9 Å². The number of anilines is 1. The van der Waals surface area contributed by atoms with Crippen LogP contribution in [-0.2, 0) is 4.79 Å². The second-order valence-corrected chi connectivity index (χ2v) is 7.27. The number of thiazole rings is 1. The number of hydrogen-bond donors (Lipinski definition) is 3. The maximum atomic E-state index is 12.7. The number of aromatic nitrogens is 2. The predicted molar refractivity (Wildman–Crippen MR) is 94.4 cm³/mol. The number of amides is 1. The molecule has 0 spiro atoms. The fourth-order valence-corrected chi connectivity index (χ4v) is 4.33. The molecule has 3 atom stereocenters. The Morgan fingerprint density at radius 1 is 1.17 bits per heavy atom. The first-order chi connectivity index (χ1) is 11.8. The van der Waals surface area contributed by atoms with Crippen molar-refractivity contribution in [1.82, 2.24) is 20.8 Å². The molecular formula is C17H21N5OS. The van der Waals surface area contributed by atoms with Gasteiger partial charge in [0, 0.05) is 23.5 Å². The number of nitrogens with one attached hydrogen (secondary N) is 3. The van der Waals surface area contributed by atoms with E-state index in [0.717, 1.165) is 24.2 Å². The summed E-state index contributed by atoms with van der Waals surface area (Å²) in [5.74, 6) is 0.363. The highest BCUT2D eigenvalue weighted by molar-refractivity contribution is 7.14. The molecule has 7 heteroatoms. The van der Waals surface area contributed by atoms with Gasteiger partial charge in [-0.15, -0.1) is 11.3 Å². The molecule has 1 aliphatic carbocycles. The third kappa shape index (κ3) is 3.19. The van der Waals surface area contributed by atoms with E-state index in [4.69, 9.17) is 0 Å². The van der Waals surface area contributed by atoms with E-state index in [2.05, 4.69) is 26.1 Å². The Morgan fingerprint density at radius 3 is 2.96 bits per heavy atom. The van der Waals surface area contributed by atoms with E-state index in [0.29, 0.717) is 17.1 Å². The van der Waals surface area contributed by atoms with E-state index in [9.17, 15) is 4.79 Å². The SMILES string of the molecule is O=C(Nc1nc(-c2ccccn2)cs1)C1NNC2CCCCCC21. The van der Waals surface area contributed by atoms with Gasteiger partial charge in [0.15, 0.2) is 5.13 Å². The third-order valence-corrected chi connectivity index (χ3v) is 5.62. The van der Waals surface area contributed by atoms with Crippen LogP contribution in [0.2, 0.25) is 0 Å². The van der Waals surface area contributed by atoms with Crippen LogP contribution in [0, 0.1) is 5.92 Å². The van der Waals surface area contributed by atoms with Crippen LogP contribution in [0.1, 0.15) is 32.1 Å². The molecule has 2 aromatic heterocycles. The number of fused-ring (bicyclic) bond motifs is 1. The number of carbonyl (C=O) groups excluding carboxylic acids is 1. The Morgan fingerprint density at radius 2 is 2.08 bits per heavy atom. The second-order valence-electron chi connectivity index (χ2n) is 6.42. The summed E-state index contributed by atoms with van der Waals surface area (Å²) < 4.78 is 0. The Hall–Kier alpha value is -1.83. The summed E-state index contributed by atoms with van der Waals surface area (Å²) in [6.07, 6.45) is 7.69. The molecule has 1 aliphatic heterocycles. The van der Waals surface area contributed by atoms with Crippen molar-refractivity contribution in [3.8, 4) is 11.4 Å². The summed E-state index contributed by atoms with van der Waals surface area (Å²) in [6.45, 7) is 0. The van der Waals surface area contributed by atoms with E-state index < -0.39 is 0 Å². The Balaban J connectivity index is 1.44. The van der Waals surface area contributed by atoms with Crippen LogP contribution in [0.4, 0.5) is 5.13 Å². The minimum Gasteiger partial charge on any atom is -0.301 e. The van der Waals surface area contributed by atoms with Crippen molar-refractivity contribution < 1.29 is 4.79 Å². The number of carbonyl (C=O) groups is 1. The van der Waals surface area contributed by atoms with Gasteiger partial charge in [0.2, 0.25) is 5.91 Å². The first-order valence-corrected chi connectivity index (χ1v) is 9.38. The fourth-order valence-electron chi connectivity index (χ4n) is 3.62. The largest absolute Gasteiger partial charge is 0.301 e. The molecule has 4 rings (SSSR count). The summed E-state index contributed by atoms with van der Waals surface area (Å²) in [5.41, 5.74) is 8.11. The van der Waals surface area contributed by atoms with Crippen molar-refractivity contribution in [1.29, 1.82) is 0 Å². The number of pyridine rings is 1. The number of hydrogen-bond acceptors (Lipinski definition) is 6. The topological polar surface area (TPSA) is 78.9 Å². The van der Waals surface area contributed by atoms with Crippen molar-refractivity contribution in [3.05, 3.63) is 29.8 Å². The van der Waals surface area contributed by atoms with Crippen LogP contribution in [-0.4, -0.2) is 28.0 Å². The molecular weight excluding hydrogens is 322 g/mol. The lowest BCUT2D eigenvalue weighted by atomic mass is 9.90. The minimum absolute atomic E-state index is 0.00109. The summed E-state index contributed by atoms with van der Waals surface area (Å²) >= 11 is 1.43. The number of rotatable bonds is 3. The molecule has 2 aliphatic rings. The van der Waals surface area contributed by atoms with E-state index >= 15 is 0 Å². The second kappa shape index (κ2) is 6.96. The van der Waals surface area contributed by atoms with Gasteiger partial charge >= 0.3 is 0 Å². The quantitative estimate of drug-likeness (QED) is 0.798. The van der Waals surface area contributed by atoms with Crippen LogP contribution in [0.15, 0.2) is 29.8 Å². The molecule has 2 fully saturated rings. The molecule has 0 bridgehead atoms. The first-order valence-electron chi connectivity index (χ1n) is 8.50. The lowest BCUT2D eigenvalue weighted by Gasteiger charge is -2.19. The monoisotopic (exact) mass is 343 g/mol. The molecule has 3 N–H and O–H groups in total. The molecule has 1 saturated heterocycles. The molecule has 1 saturated carbocycles. The van der Waals surface area contributed by atoms with Crippen molar-refractivity contribution in [2.45, 2.75) is 44.2 Å². The molecule has 2 aromatic rings. The highest BCUT2D eigenvalue weighted by Gasteiger charge is 2.40. The molecule has 1 amide bonds. The molecule has 0 aromatic carbocycles. The Kier molecular flexibility index (Phi) is 4.55. The fraction of sp³-hybridized carbons (Fsp3) is 0.471.